The monoisotopic (exact) mass is 277 g/mol. The van der Waals surface area contributed by atoms with E-state index in [0.29, 0.717) is 5.69 Å². The van der Waals surface area contributed by atoms with Gasteiger partial charge in [-0.3, -0.25) is 9.59 Å². The van der Waals surface area contributed by atoms with Crippen molar-refractivity contribution in [3.8, 4) is 0 Å². The maximum atomic E-state index is 11.6. The van der Waals surface area contributed by atoms with Crippen LogP contribution < -0.4 is 5.32 Å². The lowest BCUT2D eigenvalue weighted by Crippen LogP contribution is -2.08. The second kappa shape index (κ2) is 7.60. The fourth-order valence-electron chi connectivity index (χ4n) is 1.66. The van der Waals surface area contributed by atoms with Crippen LogP contribution in [0.2, 0.25) is 0 Å². The molecule has 21 heavy (non-hydrogen) atoms. The first kappa shape index (κ1) is 14.5. The number of anilines is 1. The molecule has 0 aliphatic carbocycles. The summed E-state index contributed by atoms with van der Waals surface area (Å²) in [4.78, 5) is 23.2. The third kappa shape index (κ3) is 5.28. The number of ketones is 1. The van der Waals surface area contributed by atoms with Gasteiger partial charge in [-0.25, -0.2) is 0 Å². The molecule has 0 atom stereocenters. The van der Waals surface area contributed by atoms with Crippen LogP contribution in [-0.2, 0) is 9.59 Å². The molecular formula is C18H15NO2. The zero-order valence-electron chi connectivity index (χ0n) is 11.4. The number of allylic oxidation sites excluding steroid dienone is 2. The highest BCUT2D eigenvalue weighted by Crippen LogP contribution is 2.05. The number of hydrogen-bond acceptors (Lipinski definition) is 2. The molecule has 0 fully saturated rings. The second-order valence-electron chi connectivity index (χ2n) is 4.33. The summed E-state index contributed by atoms with van der Waals surface area (Å²) in [5.74, 6) is -0.565. The molecular weight excluding hydrogens is 262 g/mol. The fraction of sp³-hybridized carbons (Fsp3) is 0. The molecule has 2 aromatic rings. The Kier molecular flexibility index (Phi) is 5.24. The highest BCUT2D eigenvalue weighted by molar-refractivity contribution is 6.08. The lowest BCUT2D eigenvalue weighted by molar-refractivity contribution is -0.113. The molecule has 0 unspecified atom stereocenters. The average Bonchev–Trinajstić information content (AvgIpc) is 2.53. The van der Waals surface area contributed by atoms with E-state index in [0.717, 1.165) is 5.56 Å². The van der Waals surface area contributed by atoms with Crippen molar-refractivity contribution in [2.45, 2.75) is 0 Å². The van der Waals surface area contributed by atoms with Gasteiger partial charge in [0.25, 0.3) is 0 Å². The Morgan fingerprint density at radius 3 is 2.05 bits per heavy atom. The lowest BCUT2D eigenvalue weighted by atomic mass is 10.2. The average molecular weight is 277 g/mol. The van der Waals surface area contributed by atoms with E-state index in [2.05, 4.69) is 5.32 Å². The summed E-state index contributed by atoms with van der Waals surface area (Å²) < 4.78 is 0. The van der Waals surface area contributed by atoms with Crippen molar-refractivity contribution in [3.63, 3.8) is 0 Å². The van der Waals surface area contributed by atoms with Gasteiger partial charge in [-0.15, -0.1) is 0 Å². The van der Waals surface area contributed by atoms with Gasteiger partial charge in [0.05, 0.1) is 0 Å². The Morgan fingerprint density at radius 1 is 0.762 bits per heavy atom. The number of carbonyl (C=O) groups is 2. The number of carbonyl (C=O) groups excluding carboxylic acids is 2. The zero-order valence-corrected chi connectivity index (χ0v) is 11.4. The van der Waals surface area contributed by atoms with Gasteiger partial charge in [-0.2, -0.15) is 0 Å². The number of rotatable bonds is 5. The van der Waals surface area contributed by atoms with Crippen LogP contribution in [0.5, 0.6) is 0 Å². The van der Waals surface area contributed by atoms with Crippen LogP contribution in [0.15, 0.2) is 78.9 Å². The van der Waals surface area contributed by atoms with Crippen LogP contribution in [-0.4, -0.2) is 11.7 Å². The van der Waals surface area contributed by atoms with E-state index in [1.165, 1.54) is 18.2 Å². The molecule has 1 amide bonds. The van der Waals surface area contributed by atoms with Crippen LogP contribution in [0.1, 0.15) is 5.56 Å². The number of amides is 1. The number of para-hydroxylation sites is 1. The molecule has 3 heteroatoms. The van der Waals surface area contributed by atoms with E-state index >= 15 is 0 Å². The smallest absolute Gasteiger partial charge is 0.248 e. The van der Waals surface area contributed by atoms with E-state index < -0.39 is 0 Å². The standard InChI is InChI=1S/C18H15NO2/c20-17(12-11-15-7-3-1-4-8-15)13-14-18(21)19-16-9-5-2-6-10-16/h1-14H,(H,19,21). The van der Waals surface area contributed by atoms with E-state index in [9.17, 15) is 9.59 Å². The Morgan fingerprint density at radius 2 is 1.38 bits per heavy atom. The van der Waals surface area contributed by atoms with Gasteiger partial charge in [0.1, 0.15) is 0 Å². The number of benzene rings is 2. The van der Waals surface area contributed by atoms with Crippen molar-refractivity contribution >= 4 is 23.5 Å². The predicted octanol–water partition coefficient (Wildman–Crippen LogP) is 3.46. The Hall–Kier alpha value is -2.94. The Balaban J connectivity index is 1.87. The summed E-state index contributed by atoms with van der Waals surface area (Å²) in [5.41, 5.74) is 1.63. The fourth-order valence-corrected chi connectivity index (χ4v) is 1.66. The molecule has 104 valence electrons. The minimum absolute atomic E-state index is 0.234. The molecule has 0 aromatic heterocycles. The molecule has 2 aromatic carbocycles. The van der Waals surface area contributed by atoms with Crippen molar-refractivity contribution in [1.82, 2.24) is 0 Å². The van der Waals surface area contributed by atoms with Gasteiger partial charge in [0.2, 0.25) is 5.91 Å². The summed E-state index contributed by atoms with van der Waals surface area (Å²) in [7, 11) is 0. The van der Waals surface area contributed by atoms with Gasteiger partial charge in [0.15, 0.2) is 5.78 Å². The van der Waals surface area contributed by atoms with Crippen molar-refractivity contribution in [1.29, 1.82) is 0 Å². The van der Waals surface area contributed by atoms with Crippen LogP contribution in [0.4, 0.5) is 5.69 Å². The predicted molar refractivity (Wildman–Crippen MR) is 84.7 cm³/mol. The summed E-state index contributed by atoms with van der Waals surface area (Å²) in [6.45, 7) is 0. The summed E-state index contributed by atoms with van der Waals surface area (Å²) in [5, 5.41) is 2.67. The lowest BCUT2D eigenvalue weighted by Gasteiger charge is -1.99. The Bertz CT molecular complexity index is 658. The molecule has 0 radical (unpaired) electrons. The van der Waals surface area contributed by atoms with Crippen molar-refractivity contribution in [2.75, 3.05) is 5.32 Å². The highest BCUT2D eigenvalue weighted by Gasteiger charge is 1.97. The minimum atomic E-state index is -0.331. The van der Waals surface area contributed by atoms with Gasteiger partial charge in [0, 0.05) is 11.8 Å². The third-order valence-electron chi connectivity index (χ3n) is 2.68. The Labute approximate surface area is 123 Å². The largest absolute Gasteiger partial charge is 0.323 e. The van der Waals surface area contributed by atoms with Gasteiger partial charge < -0.3 is 5.32 Å². The minimum Gasteiger partial charge on any atom is -0.323 e. The zero-order chi connectivity index (χ0) is 14.9. The molecule has 0 spiro atoms. The van der Waals surface area contributed by atoms with Crippen molar-refractivity contribution in [3.05, 3.63) is 84.5 Å². The molecule has 0 aliphatic rings. The first-order valence-electron chi connectivity index (χ1n) is 6.55. The quantitative estimate of drug-likeness (QED) is 0.851. The van der Waals surface area contributed by atoms with Crippen LogP contribution in [0.3, 0.4) is 0 Å². The molecule has 0 saturated heterocycles. The van der Waals surface area contributed by atoms with Crippen molar-refractivity contribution < 1.29 is 9.59 Å². The van der Waals surface area contributed by atoms with Crippen LogP contribution in [0, 0.1) is 0 Å². The first-order chi connectivity index (χ1) is 10.2. The van der Waals surface area contributed by atoms with E-state index in [4.69, 9.17) is 0 Å². The molecule has 2 rings (SSSR count). The van der Waals surface area contributed by atoms with Gasteiger partial charge in [-0.1, -0.05) is 54.6 Å². The first-order valence-corrected chi connectivity index (χ1v) is 6.55. The van der Waals surface area contributed by atoms with Crippen molar-refractivity contribution in [2.24, 2.45) is 0 Å². The summed E-state index contributed by atoms with van der Waals surface area (Å²) >= 11 is 0. The van der Waals surface area contributed by atoms with Crippen LogP contribution in [0.25, 0.3) is 6.08 Å². The summed E-state index contributed by atoms with van der Waals surface area (Å²) in [6, 6.07) is 18.6. The molecule has 0 bridgehead atoms. The van der Waals surface area contributed by atoms with Gasteiger partial charge >= 0.3 is 0 Å². The number of hydrogen-bond donors (Lipinski definition) is 1. The molecule has 0 saturated carbocycles. The molecule has 3 nitrogen and oxygen atoms in total. The normalized spacial score (nSPS) is 10.9. The maximum absolute atomic E-state index is 11.6. The maximum Gasteiger partial charge on any atom is 0.248 e. The van der Waals surface area contributed by atoms with E-state index in [1.807, 2.05) is 48.5 Å². The van der Waals surface area contributed by atoms with E-state index in [1.54, 1.807) is 18.2 Å². The third-order valence-corrected chi connectivity index (χ3v) is 2.68. The molecule has 0 aliphatic heterocycles. The molecule has 0 heterocycles. The SMILES string of the molecule is O=C(C=CC(=O)Nc1ccccc1)C=Cc1ccccc1. The number of nitrogens with one attached hydrogen (secondary N) is 1. The van der Waals surface area contributed by atoms with E-state index in [-0.39, 0.29) is 11.7 Å². The highest BCUT2D eigenvalue weighted by atomic mass is 16.1. The summed E-state index contributed by atoms with van der Waals surface area (Å²) in [6.07, 6.45) is 5.62. The van der Waals surface area contributed by atoms with Gasteiger partial charge in [-0.05, 0) is 29.8 Å². The topological polar surface area (TPSA) is 46.2 Å². The van der Waals surface area contributed by atoms with Crippen LogP contribution >= 0.6 is 0 Å². The molecule has 1 N–H and O–H groups in total. The second-order valence-corrected chi connectivity index (χ2v) is 4.33.